The summed E-state index contributed by atoms with van der Waals surface area (Å²) in [5.74, 6) is 0.481. The number of likely N-dealkylation sites (N-methyl/N-ethyl adjacent to an activating group) is 1. The number of hydrogen-bond donors (Lipinski definition) is 2. The number of guanidine groups is 1. The van der Waals surface area contributed by atoms with Gasteiger partial charge in [0.1, 0.15) is 6.61 Å². The fourth-order valence-electron chi connectivity index (χ4n) is 2.07. The van der Waals surface area contributed by atoms with Gasteiger partial charge in [0, 0.05) is 20.6 Å². The van der Waals surface area contributed by atoms with Gasteiger partial charge in [-0.15, -0.1) is 24.0 Å². The minimum absolute atomic E-state index is 0. The number of carbonyl (C=O) groups excluding carboxylic acids is 1. The second kappa shape index (κ2) is 14.4. The Balaban J connectivity index is 0.00000784. The molecule has 1 amide bonds. The molecule has 29 heavy (non-hydrogen) atoms. The van der Waals surface area contributed by atoms with Gasteiger partial charge in [0.2, 0.25) is 5.91 Å². The molecule has 0 heterocycles. The van der Waals surface area contributed by atoms with Gasteiger partial charge in [-0.2, -0.15) is 13.2 Å². The topological polar surface area (TPSA) is 66.0 Å². The van der Waals surface area contributed by atoms with Gasteiger partial charge in [-0.3, -0.25) is 4.79 Å². The average Bonchev–Trinajstić information content (AvgIpc) is 2.63. The molecular formula is C19H30F3IN4O2. The molecule has 2 N–H and O–H groups in total. The van der Waals surface area contributed by atoms with Crippen LogP contribution in [0, 0.1) is 0 Å². The highest BCUT2D eigenvalue weighted by Gasteiger charge is 2.27. The number of unbranched alkanes of at least 4 members (excludes halogenated alkanes) is 1. The SMILES string of the molecule is CCCCNC(=NCc1ccc(COCC(F)(F)F)cc1)NCC(=O)N(C)C.I. The third kappa shape index (κ3) is 13.3. The van der Waals surface area contributed by atoms with E-state index in [2.05, 4.69) is 27.3 Å². The third-order valence-electron chi connectivity index (χ3n) is 3.71. The van der Waals surface area contributed by atoms with E-state index in [1.54, 1.807) is 38.4 Å². The molecule has 0 aromatic heterocycles. The van der Waals surface area contributed by atoms with Crippen molar-refractivity contribution < 1.29 is 22.7 Å². The van der Waals surface area contributed by atoms with Crippen molar-refractivity contribution in [3.63, 3.8) is 0 Å². The second-order valence-electron chi connectivity index (χ2n) is 6.51. The van der Waals surface area contributed by atoms with Crippen molar-refractivity contribution in [2.45, 2.75) is 39.1 Å². The summed E-state index contributed by atoms with van der Waals surface area (Å²) in [4.78, 5) is 17.7. The molecule has 0 saturated carbocycles. The highest BCUT2D eigenvalue weighted by atomic mass is 127. The van der Waals surface area contributed by atoms with Crippen molar-refractivity contribution in [3.05, 3.63) is 35.4 Å². The Morgan fingerprint density at radius 3 is 2.31 bits per heavy atom. The molecule has 0 aliphatic rings. The molecule has 0 saturated heterocycles. The van der Waals surface area contributed by atoms with Gasteiger partial charge in [-0.05, 0) is 17.5 Å². The van der Waals surface area contributed by atoms with E-state index in [1.165, 1.54) is 4.90 Å². The number of nitrogens with one attached hydrogen (secondary N) is 2. The first-order chi connectivity index (χ1) is 13.2. The molecule has 1 aromatic carbocycles. The summed E-state index contributed by atoms with van der Waals surface area (Å²) in [5, 5.41) is 6.18. The average molecular weight is 530 g/mol. The fraction of sp³-hybridized carbons (Fsp3) is 0.579. The van der Waals surface area contributed by atoms with Crippen LogP contribution in [0.1, 0.15) is 30.9 Å². The van der Waals surface area contributed by atoms with E-state index in [9.17, 15) is 18.0 Å². The van der Waals surface area contributed by atoms with Crippen LogP contribution >= 0.6 is 24.0 Å². The van der Waals surface area contributed by atoms with Gasteiger partial charge in [0.15, 0.2) is 5.96 Å². The Morgan fingerprint density at radius 1 is 1.14 bits per heavy atom. The lowest BCUT2D eigenvalue weighted by molar-refractivity contribution is -0.176. The Kier molecular flexibility index (Phi) is 13.7. The smallest absolute Gasteiger partial charge is 0.367 e. The van der Waals surface area contributed by atoms with Gasteiger partial charge in [-0.25, -0.2) is 4.99 Å². The Hall–Kier alpha value is -1.56. The maximum absolute atomic E-state index is 12.1. The Bertz CT molecular complexity index is 623. The van der Waals surface area contributed by atoms with E-state index in [4.69, 9.17) is 0 Å². The number of alkyl halides is 3. The summed E-state index contributed by atoms with van der Waals surface area (Å²) in [6.45, 7) is 1.99. The fourth-order valence-corrected chi connectivity index (χ4v) is 2.07. The summed E-state index contributed by atoms with van der Waals surface area (Å²) >= 11 is 0. The summed E-state index contributed by atoms with van der Waals surface area (Å²) in [6.07, 6.45) is -2.31. The predicted molar refractivity (Wildman–Crippen MR) is 118 cm³/mol. The van der Waals surface area contributed by atoms with Crippen LogP contribution in [0.5, 0.6) is 0 Å². The van der Waals surface area contributed by atoms with Gasteiger partial charge in [-0.1, -0.05) is 37.6 Å². The van der Waals surface area contributed by atoms with Crippen LogP contribution in [-0.2, 0) is 22.7 Å². The van der Waals surface area contributed by atoms with E-state index in [0.29, 0.717) is 18.1 Å². The molecular weight excluding hydrogens is 500 g/mol. The first kappa shape index (κ1) is 27.4. The van der Waals surface area contributed by atoms with Crippen LogP contribution in [0.3, 0.4) is 0 Å². The lowest BCUT2D eigenvalue weighted by atomic mass is 10.1. The first-order valence-corrected chi connectivity index (χ1v) is 9.16. The summed E-state index contributed by atoms with van der Waals surface area (Å²) in [6, 6.07) is 7.03. The van der Waals surface area contributed by atoms with Crippen molar-refractivity contribution in [2.75, 3.05) is 33.8 Å². The van der Waals surface area contributed by atoms with Crippen molar-refractivity contribution in [3.8, 4) is 0 Å². The summed E-state index contributed by atoms with van der Waals surface area (Å²) in [5.41, 5.74) is 1.56. The van der Waals surface area contributed by atoms with Gasteiger partial charge in [0.25, 0.3) is 0 Å². The first-order valence-electron chi connectivity index (χ1n) is 9.16. The molecule has 0 radical (unpaired) electrons. The van der Waals surface area contributed by atoms with Crippen LogP contribution in [0.25, 0.3) is 0 Å². The number of benzene rings is 1. The summed E-state index contributed by atoms with van der Waals surface area (Å²) < 4.78 is 40.9. The van der Waals surface area contributed by atoms with Crippen molar-refractivity contribution >= 4 is 35.8 Å². The molecule has 0 spiro atoms. The molecule has 0 aliphatic heterocycles. The number of halogens is 4. The normalized spacial score (nSPS) is 11.6. The largest absolute Gasteiger partial charge is 0.411 e. The molecule has 0 fully saturated rings. The number of amides is 1. The number of ether oxygens (including phenoxy) is 1. The van der Waals surface area contributed by atoms with Crippen molar-refractivity contribution in [1.82, 2.24) is 15.5 Å². The Morgan fingerprint density at radius 2 is 1.76 bits per heavy atom. The van der Waals surface area contributed by atoms with Crippen molar-refractivity contribution in [1.29, 1.82) is 0 Å². The number of aliphatic imine (C=N–C) groups is 1. The quantitative estimate of drug-likeness (QED) is 0.211. The van der Waals surface area contributed by atoms with Crippen LogP contribution < -0.4 is 10.6 Å². The molecule has 1 aromatic rings. The number of nitrogens with zero attached hydrogens (tertiary/aromatic N) is 2. The van der Waals surface area contributed by atoms with E-state index in [-0.39, 0.29) is 43.0 Å². The van der Waals surface area contributed by atoms with Crippen molar-refractivity contribution in [2.24, 2.45) is 4.99 Å². The van der Waals surface area contributed by atoms with Crippen LogP contribution in [0.4, 0.5) is 13.2 Å². The zero-order chi connectivity index (χ0) is 21.0. The number of rotatable bonds is 10. The van der Waals surface area contributed by atoms with E-state index in [0.717, 1.165) is 24.9 Å². The molecule has 6 nitrogen and oxygen atoms in total. The lowest BCUT2D eigenvalue weighted by Gasteiger charge is -2.15. The maximum Gasteiger partial charge on any atom is 0.411 e. The van der Waals surface area contributed by atoms with Gasteiger partial charge >= 0.3 is 6.18 Å². The molecule has 0 bridgehead atoms. The molecule has 166 valence electrons. The highest BCUT2D eigenvalue weighted by Crippen LogP contribution is 2.16. The Labute approximate surface area is 187 Å². The van der Waals surface area contributed by atoms with E-state index >= 15 is 0 Å². The van der Waals surface area contributed by atoms with Crippen LogP contribution in [0.15, 0.2) is 29.3 Å². The molecule has 1 rings (SSSR count). The highest BCUT2D eigenvalue weighted by molar-refractivity contribution is 14.0. The third-order valence-corrected chi connectivity index (χ3v) is 3.71. The minimum atomic E-state index is -4.32. The van der Waals surface area contributed by atoms with E-state index in [1.807, 2.05) is 0 Å². The zero-order valence-electron chi connectivity index (χ0n) is 17.0. The minimum Gasteiger partial charge on any atom is -0.367 e. The zero-order valence-corrected chi connectivity index (χ0v) is 19.3. The van der Waals surface area contributed by atoms with Gasteiger partial charge in [0.05, 0.1) is 19.7 Å². The standard InChI is InChI=1S/C19H29F3N4O2.HI/c1-4-5-10-23-18(25-12-17(27)26(2)3)24-11-15-6-8-16(9-7-15)13-28-14-19(20,21)22;/h6-9H,4-5,10-14H2,1-3H3,(H2,23,24,25);1H. The lowest BCUT2D eigenvalue weighted by Crippen LogP contribution is -2.43. The maximum atomic E-state index is 12.1. The summed E-state index contributed by atoms with van der Waals surface area (Å²) in [7, 11) is 3.37. The molecule has 10 heteroatoms. The predicted octanol–water partition coefficient (Wildman–Crippen LogP) is 3.31. The van der Waals surface area contributed by atoms with Gasteiger partial charge < -0.3 is 20.3 Å². The van der Waals surface area contributed by atoms with Crippen LogP contribution in [-0.4, -0.2) is 56.7 Å². The molecule has 0 atom stereocenters. The molecule has 0 unspecified atom stereocenters. The number of carbonyl (C=O) groups is 1. The second-order valence-corrected chi connectivity index (χ2v) is 6.51. The van der Waals surface area contributed by atoms with Crippen LogP contribution in [0.2, 0.25) is 0 Å². The number of hydrogen-bond acceptors (Lipinski definition) is 3. The monoisotopic (exact) mass is 530 g/mol. The van der Waals surface area contributed by atoms with E-state index < -0.39 is 12.8 Å². The molecule has 0 aliphatic carbocycles.